The van der Waals surface area contributed by atoms with E-state index in [1.165, 1.54) is 27.6 Å². The number of nitrogens with zero attached hydrogens (tertiary/aromatic N) is 7. The smallest absolute Gasteiger partial charge is 0.278 e. The number of fused-ring (bicyclic) bond motifs is 2. The van der Waals surface area contributed by atoms with E-state index < -0.39 is 9.73 Å². The average molecular weight is 563 g/mol. The van der Waals surface area contributed by atoms with Crippen molar-refractivity contribution in [3.8, 4) is 5.82 Å². The van der Waals surface area contributed by atoms with Crippen LogP contribution in [-0.4, -0.2) is 73.2 Å². The van der Waals surface area contributed by atoms with E-state index in [9.17, 15) is 9.00 Å². The summed E-state index contributed by atoms with van der Waals surface area (Å²) in [7, 11) is 1.41. The van der Waals surface area contributed by atoms with Gasteiger partial charge < -0.3 is 15.0 Å². The molecule has 0 aliphatic carbocycles. The van der Waals surface area contributed by atoms with Gasteiger partial charge in [0.25, 0.3) is 5.56 Å². The lowest BCUT2D eigenvalue weighted by atomic mass is 9.92. The Morgan fingerprint density at radius 1 is 1.25 bits per heavy atom. The van der Waals surface area contributed by atoms with Crippen molar-refractivity contribution >= 4 is 38.2 Å². The van der Waals surface area contributed by atoms with Crippen LogP contribution < -0.4 is 10.9 Å². The number of pyridine rings is 1. The summed E-state index contributed by atoms with van der Waals surface area (Å²) in [5, 5.41) is 3.70. The van der Waals surface area contributed by atoms with Gasteiger partial charge in [-0.2, -0.15) is 9.35 Å². The number of anilines is 2. The number of aromatic nitrogens is 5. The number of hydrogen-bond donors (Lipinski definition) is 1. The first-order valence-electron chi connectivity index (χ1n) is 13.0. The van der Waals surface area contributed by atoms with Gasteiger partial charge in [0, 0.05) is 54.3 Å². The Morgan fingerprint density at radius 2 is 2.08 bits per heavy atom. The summed E-state index contributed by atoms with van der Waals surface area (Å²) in [6, 6.07) is 9.46. The lowest BCUT2D eigenvalue weighted by Crippen LogP contribution is -2.27. The van der Waals surface area contributed by atoms with Gasteiger partial charge in [0.1, 0.15) is 5.39 Å². The molecule has 0 saturated heterocycles. The van der Waals surface area contributed by atoms with Crippen molar-refractivity contribution in [1.82, 2.24) is 29.2 Å². The van der Waals surface area contributed by atoms with E-state index in [0.717, 1.165) is 31.6 Å². The minimum atomic E-state index is -2.42. The number of methoxy groups -OCH3 is 1. The summed E-state index contributed by atoms with van der Waals surface area (Å²) in [6.45, 7) is 6.56. The first kappa shape index (κ1) is 27.7. The van der Waals surface area contributed by atoms with E-state index >= 15 is 0 Å². The Kier molecular flexibility index (Phi) is 7.83. The Bertz CT molecular complexity index is 1760. The van der Waals surface area contributed by atoms with Gasteiger partial charge in [0.05, 0.1) is 13.2 Å². The van der Waals surface area contributed by atoms with Gasteiger partial charge in [-0.3, -0.25) is 4.79 Å². The van der Waals surface area contributed by atoms with Crippen molar-refractivity contribution in [3.05, 3.63) is 76.2 Å². The molecule has 0 spiro atoms. The molecule has 12 heteroatoms. The van der Waals surface area contributed by atoms with E-state index in [0.29, 0.717) is 35.2 Å². The molecule has 1 N–H and O–H groups in total. The van der Waals surface area contributed by atoms with E-state index in [1.807, 2.05) is 0 Å². The first-order chi connectivity index (χ1) is 19.2. The number of hydrogen-bond acceptors (Lipinski definition) is 9. The van der Waals surface area contributed by atoms with Crippen LogP contribution in [0.5, 0.6) is 0 Å². The summed E-state index contributed by atoms with van der Waals surface area (Å²) < 4.78 is 25.0. The van der Waals surface area contributed by atoms with Gasteiger partial charge >= 0.3 is 0 Å². The molecule has 3 aromatic heterocycles. The molecule has 1 aliphatic heterocycles. The molecule has 0 saturated carbocycles. The highest BCUT2D eigenvalue weighted by atomic mass is 32.2. The van der Waals surface area contributed by atoms with Crippen LogP contribution in [0.15, 0.2) is 58.3 Å². The average Bonchev–Trinajstić information content (AvgIpc) is 3.17. The minimum absolute atomic E-state index is 0.237. The normalized spacial score (nSPS) is 13.8. The molecule has 0 radical (unpaired) electrons. The molecule has 0 unspecified atom stereocenters. The fourth-order valence-electron chi connectivity index (χ4n) is 4.98. The maximum atomic E-state index is 13.3. The van der Waals surface area contributed by atoms with Crippen LogP contribution >= 0.6 is 0 Å². The van der Waals surface area contributed by atoms with Crippen molar-refractivity contribution < 1.29 is 8.95 Å². The maximum Gasteiger partial charge on any atom is 0.278 e. The molecule has 0 atom stereocenters. The first-order valence-corrected chi connectivity index (χ1v) is 15.3. The Hall–Kier alpha value is -3.87. The molecule has 11 nitrogen and oxygen atoms in total. The van der Waals surface area contributed by atoms with Crippen LogP contribution in [0, 0.1) is 0 Å². The van der Waals surface area contributed by atoms with E-state index in [4.69, 9.17) is 9.72 Å². The van der Waals surface area contributed by atoms with Gasteiger partial charge in [-0.15, -0.1) is 6.58 Å². The van der Waals surface area contributed by atoms with Crippen molar-refractivity contribution in [2.75, 3.05) is 45.1 Å². The second-order valence-corrected chi connectivity index (χ2v) is 12.7. The van der Waals surface area contributed by atoms with Crippen LogP contribution in [0.3, 0.4) is 0 Å². The maximum absolute atomic E-state index is 13.3. The predicted molar refractivity (Wildman–Crippen MR) is 159 cm³/mol. The fourth-order valence-corrected chi connectivity index (χ4v) is 5.54. The molecule has 5 rings (SSSR count). The Labute approximate surface area is 233 Å². The van der Waals surface area contributed by atoms with Crippen molar-refractivity contribution in [2.24, 2.45) is 4.36 Å². The number of rotatable bonds is 9. The Morgan fingerprint density at radius 3 is 2.83 bits per heavy atom. The zero-order chi connectivity index (χ0) is 28.4. The third-order valence-electron chi connectivity index (χ3n) is 6.68. The van der Waals surface area contributed by atoms with Gasteiger partial charge in [-0.05, 0) is 60.8 Å². The Balaban J connectivity index is 1.61. The molecular formula is C28H34N8O3S. The lowest BCUT2D eigenvalue weighted by molar-refractivity contribution is 0.202. The number of nitrogens with one attached hydrogen (secondary N) is 1. The largest absolute Gasteiger partial charge is 0.384 e. The summed E-state index contributed by atoms with van der Waals surface area (Å²) in [4.78, 5) is 29.4. The van der Waals surface area contributed by atoms with Crippen LogP contribution in [0.2, 0.25) is 0 Å². The standard InChI is InChI=1S/C28H34N8O3S/c1-6-12-35-27(37)23-17-29-28(32-26(23)36(35)25-9-7-8-24(31-25)33-40(4,5)38)30-21-15-19(11-14-39-3)22-10-13-34(2)18-20(22)16-21/h6-9,15-17H,1,10-14,18H2,2-5H3,(H,29,30,32). The summed E-state index contributed by atoms with van der Waals surface area (Å²) in [5.41, 5.74) is 4.90. The van der Waals surface area contributed by atoms with Crippen molar-refractivity contribution in [2.45, 2.75) is 25.9 Å². The number of likely N-dealkylation sites (N-methyl/N-ethyl adjacent to an activating group) is 1. The number of allylic oxidation sites excluding steroid dienone is 1. The zero-order valence-corrected chi connectivity index (χ0v) is 24.1. The highest BCUT2D eigenvalue weighted by molar-refractivity contribution is 7.92. The molecule has 0 bridgehead atoms. The van der Waals surface area contributed by atoms with E-state index in [-0.39, 0.29) is 12.1 Å². The quantitative estimate of drug-likeness (QED) is 0.308. The van der Waals surface area contributed by atoms with Gasteiger partial charge in [-0.25, -0.2) is 23.5 Å². The van der Waals surface area contributed by atoms with Crippen LogP contribution in [0.1, 0.15) is 16.7 Å². The monoisotopic (exact) mass is 562 g/mol. The number of benzene rings is 1. The van der Waals surface area contributed by atoms with Gasteiger partial charge in [0.2, 0.25) is 5.95 Å². The summed E-state index contributed by atoms with van der Waals surface area (Å²) >= 11 is 0. The highest BCUT2D eigenvalue weighted by Crippen LogP contribution is 2.28. The second kappa shape index (κ2) is 11.3. The molecule has 40 heavy (non-hydrogen) atoms. The van der Waals surface area contributed by atoms with Crippen LogP contribution in [-0.2, 0) is 40.4 Å². The summed E-state index contributed by atoms with van der Waals surface area (Å²) in [6.07, 6.45) is 8.07. The molecule has 0 amide bonds. The van der Waals surface area contributed by atoms with Crippen molar-refractivity contribution in [1.29, 1.82) is 0 Å². The molecule has 4 heterocycles. The van der Waals surface area contributed by atoms with Crippen LogP contribution in [0.25, 0.3) is 16.9 Å². The van der Waals surface area contributed by atoms with Crippen LogP contribution in [0.4, 0.5) is 17.5 Å². The number of ether oxygens (including phenoxy) is 1. The molecule has 4 aromatic rings. The predicted octanol–water partition coefficient (Wildman–Crippen LogP) is 3.44. The third-order valence-corrected chi connectivity index (χ3v) is 7.30. The third kappa shape index (κ3) is 5.83. The van der Waals surface area contributed by atoms with Crippen molar-refractivity contribution in [3.63, 3.8) is 0 Å². The lowest BCUT2D eigenvalue weighted by Gasteiger charge is -2.28. The van der Waals surface area contributed by atoms with Gasteiger partial charge in [0.15, 0.2) is 17.3 Å². The molecular weight excluding hydrogens is 528 g/mol. The molecule has 210 valence electrons. The second-order valence-electron chi connectivity index (χ2n) is 10.2. The topological polar surface area (TPSA) is 120 Å². The highest BCUT2D eigenvalue weighted by Gasteiger charge is 2.20. The molecule has 1 aliphatic rings. The fraction of sp³-hybridized carbons (Fsp3) is 0.357. The molecule has 1 aromatic carbocycles. The SMILES string of the molecule is C=CCn1c(=O)c2cnc(Nc3cc(CCOC)c4c(c3)CN(C)CC4)nc2n1-c1cccc(N=S(C)(C)=O)n1. The zero-order valence-electron chi connectivity index (χ0n) is 23.3. The van der Waals surface area contributed by atoms with E-state index in [1.54, 1.807) is 48.6 Å². The molecule has 0 fully saturated rings. The van der Waals surface area contributed by atoms with Gasteiger partial charge in [-0.1, -0.05) is 12.1 Å². The summed E-state index contributed by atoms with van der Waals surface area (Å²) in [5.74, 6) is 1.08. The van der Waals surface area contributed by atoms with E-state index in [2.05, 4.69) is 50.3 Å². The minimum Gasteiger partial charge on any atom is -0.384 e.